The minimum absolute atomic E-state index is 0.0738. The van der Waals surface area contributed by atoms with Crippen LogP contribution < -0.4 is 15.4 Å². The lowest BCUT2D eigenvalue weighted by Crippen LogP contribution is -2.33. The molecule has 0 heterocycles. The summed E-state index contributed by atoms with van der Waals surface area (Å²) in [5.74, 6) is -0.378. The van der Waals surface area contributed by atoms with Gasteiger partial charge in [-0.2, -0.15) is 0 Å². The number of methoxy groups -OCH3 is 1. The fourth-order valence-corrected chi connectivity index (χ4v) is 2.83. The van der Waals surface area contributed by atoms with Crippen LogP contribution in [0.2, 0.25) is 0 Å². The lowest BCUT2D eigenvalue weighted by molar-refractivity contribution is -0.123. The summed E-state index contributed by atoms with van der Waals surface area (Å²) in [6, 6.07) is 18.2. The largest absolute Gasteiger partial charge is 0.504 e. The Morgan fingerprint density at radius 1 is 1.00 bits per heavy atom. The second kappa shape index (κ2) is 8.23. The van der Waals surface area contributed by atoms with Crippen LogP contribution in [0.3, 0.4) is 0 Å². The molecule has 0 saturated heterocycles. The number of ether oxygens (including phenoxy) is 1. The van der Waals surface area contributed by atoms with Crippen LogP contribution in [0.5, 0.6) is 11.5 Å². The number of nitrogens with one attached hydrogen (secondary N) is 2. The first-order valence-corrected chi connectivity index (χ1v) is 8.47. The minimum atomic E-state index is -0.383. The third kappa shape index (κ3) is 4.55. The second-order valence-corrected chi connectivity index (χ2v) is 6.03. The summed E-state index contributed by atoms with van der Waals surface area (Å²) < 4.78 is 4.95. The van der Waals surface area contributed by atoms with Gasteiger partial charge >= 0.3 is 0 Å². The Morgan fingerprint density at radius 3 is 2.56 bits per heavy atom. The highest BCUT2D eigenvalue weighted by atomic mass is 16.5. The zero-order valence-corrected chi connectivity index (χ0v) is 14.9. The quantitative estimate of drug-likeness (QED) is 0.628. The molecule has 2 amide bonds. The van der Waals surface area contributed by atoms with Crippen LogP contribution in [0.1, 0.15) is 5.56 Å². The van der Waals surface area contributed by atoms with E-state index in [0.717, 1.165) is 16.3 Å². The molecule has 0 radical (unpaired) electrons. The molecule has 3 N–H and O–H groups in total. The van der Waals surface area contributed by atoms with Crippen molar-refractivity contribution in [2.24, 2.45) is 0 Å². The van der Waals surface area contributed by atoms with Crippen molar-refractivity contribution in [1.82, 2.24) is 5.32 Å². The molecule has 138 valence electrons. The number of hydrogen-bond acceptors (Lipinski definition) is 4. The highest BCUT2D eigenvalue weighted by Crippen LogP contribution is 2.28. The van der Waals surface area contributed by atoms with E-state index in [9.17, 15) is 14.7 Å². The first kappa shape index (κ1) is 18.3. The number of anilines is 1. The van der Waals surface area contributed by atoms with Gasteiger partial charge in [0.05, 0.1) is 20.1 Å². The van der Waals surface area contributed by atoms with Gasteiger partial charge in [-0.25, -0.2) is 0 Å². The predicted octanol–water partition coefficient (Wildman–Crippen LogP) is 2.85. The molecule has 27 heavy (non-hydrogen) atoms. The molecule has 0 aromatic heterocycles. The van der Waals surface area contributed by atoms with E-state index < -0.39 is 0 Å². The highest BCUT2D eigenvalue weighted by Gasteiger charge is 2.10. The fourth-order valence-electron chi connectivity index (χ4n) is 2.83. The van der Waals surface area contributed by atoms with Gasteiger partial charge in [-0.3, -0.25) is 9.59 Å². The number of aromatic hydroxyl groups is 1. The monoisotopic (exact) mass is 364 g/mol. The number of benzene rings is 3. The van der Waals surface area contributed by atoms with E-state index >= 15 is 0 Å². The number of amides is 2. The normalized spacial score (nSPS) is 10.4. The first-order chi connectivity index (χ1) is 13.1. The average Bonchev–Trinajstić information content (AvgIpc) is 2.67. The molecule has 6 nitrogen and oxygen atoms in total. The third-order valence-electron chi connectivity index (χ3n) is 4.14. The van der Waals surface area contributed by atoms with Gasteiger partial charge in [0, 0.05) is 11.8 Å². The Morgan fingerprint density at radius 2 is 1.78 bits per heavy atom. The van der Waals surface area contributed by atoms with Crippen molar-refractivity contribution in [2.75, 3.05) is 19.0 Å². The summed E-state index contributed by atoms with van der Waals surface area (Å²) in [6.45, 7) is -0.156. The molecule has 0 atom stereocenters. The number of fused-ring (bicyclic) bond motifs is 1. The van der Waals surface area contributed by atoms with Gasteiger partial charge < -0.3 is 20.5 Å². The van der Waals surface area contributed by atoms with E-state index in [4.69, 9.17) is 4.74 Å². The number of phenolic OH excluding ortho intramolecular Hbond substituents is 1. The van der Waals surface area contributed by atoms with Gasteiger partial charge in [0.1, 0.15) is 0 Å². The molecule has 0 aliphatic rings. The molecular weight excluding hydrogens is 344 g/mol. The van der Waals surface area contributed by atoms with E-state index in [2.05, 4.69) is 10.6 Å². The van der Waals surface area contributed by atoms with Crippen LogP contribution in [-0.4, -0.2) is 30.6 Å². The number of carbonyl (C=O) groups excluding carboxylic acids is 2. The summed E-state index contributed by atoms with van der Waals surface area (Å²) >= 11 is 0. The second-order valence-electron chi connectivity index (χ2n) is 6.03. The molecule has 3 aromatic carbocycles. The number of hydrogen-bond donors (Lipinski definition) is 3. The van der Waals surface area contributed by atoms with E-state index in [-0.39, 0.29) is 30.5 Å². The topological polar surface area (TPSA) is 87.7 Å². The minimum Gasteiger partial charge on any atom is -0.504 e. The Labute approximate surface area is 156 Å². The predicted molar refractivity (Wildman–Crippen MR) is 104 cm³/mol. The van der Waals surface area contributed by atoms with E-state index in [1.54, 1.807) is 12.1 Å². The summed E-state index contributed by atoms with van der Waals surface area (Å²) in [7, 11) is 1.44. The molecule has 3 aromatic rings. The van der Waals surface area contributed by atoms with Gasteiger partial charge in [0.25, 0.3) is 0 Å². The Bertz CT molecular complexity index is 980. The third-order valence-corrected chi connectivity index (χ3v) is 4.14. The van der Waals surface area contributed by atoms with Crippen molar-refractivity contribution in [2.45, 2.75) is 6.42 Å². The Kier molecular flexibility index (Phi) is 5.56. The lowest BCUT2D eigenvalue weighted by atomic mass is 10.0. The van der Waals surface area contributed by atoms with Gasteiger partial charge in [0.15, 0.2) is 11.5 Å². The van der Waals surface area contributed by atoms with E-state index in [1.807, 2.05) is 42.5 Å². The van der Waals surface area contributed by atoms with Crippen molar-refractivity contribution < 1.29 is 19.4 Å². The summed E-state index contributed by atoms with van der Waals surface area (Å²) in [5.41, 5.74) is 1.33. The highest BCUT2D eigenvalue weighted by molar-refractivity contribution is 5.96. The average molecular weight is 364 g/mol. The van der Waals surface area contributed by atoms with Gasteiger partial charge in [-0.05, 0) is 28.5 Å². The zero-order chi connectivity index (χ0) is 19.2. The molecule has 6 heteroatoms. The standard InChI is InChI=1S/C21H20N2O4/c1-27-19-10-9-16(12-18(19)24)23-21(26)13-22-20(25)11-15-7-4-6-14-5-2-3-8-17(14)15/h2-10,12,24H,11,13H2,1H3,(H,22,25)(H,23,26). The van der Waals surface area contributed by atoms with Gasteiger partial charge in [0.2, 0.25) is 11.8 Å². The molecule has 0 aliphatic carbocycles. The molecule has 0 bridgehead atoms. The van der Waals surface area contributed by atoms with E-state index in [1.165, 1.54) is 13.2 Å². The first-order valence-electron chi connectivity index (χ1n) is 8.47. The van der Waals surface area contributed by atoms with Crippen LogP contribution in [-0.2, 0) is 16.0 Å². The number of carbonyl (C=O) groups is 2. The maximum atomic E-state index is 12.2. The molecular formula is C21H20N2O4. The van der Waals surface area contributed by atoms with Crippen molar-refractivity contribution in [1.29, 1.82) is 0 Å². The van der Waals surface area contributed by atoms with Crippen LogP contribution >= 0.6 is 0 Å². The maximum Gasteiger partial charge on any atom is 0.243 e. The zero-order valence-electron chi connectivity index (χ0n) is 14.9. The van der Waals surface area contributed by atoms with Crippen LogP contribution in [0, 0.1) is 0 Å². The van der Waals surface area contributed by atoms with Crippen molar-refractivity contribution in [3.05, 3.63) is 66.2 Å². The van der Waals surface area contributed by atoms with Crippen molar-refractivity contribution in [3.63, 3.8) is 0 Å². The number of rotatable bonds is 6. The molecule has 0 saturated carbocycles. The van der Waals surface area contributed by atoms with E-state index in [0.29, 0.717) is 11.4 Å². The number of phenols is 1. The van der Waals surface area contributed by atoms with Gasteiger partial charge in [-0.1, -0.05) is 42.5 Å². The van der Waals surface area contributed by atoms with Crippen molar-refractivity contribution in [3.8, 4) is 11.5 Å². The van der Waals surface area contributed by atoms with Crippen molar-refractivity contribution >= 4 is 28.3 Å². The summed E-state index contributed by atoms with van der Waals surface area (Å²) in [4.78, 5) is 24.2. The SMILES string of the molecule is COc1ccc(NC(=O)CNC(=O)Cc2cccc3ccccc23)cc1O. The molecule has 0 aliphatic heterocycles. The molecule has 0 unspecified atom stereocenters. The van der Waals surface area contributed by atoms with Gasteiger partial charge in [-0.15, -0.1) is 0 Å². The van der Waals surface area contributed by atoms with Crippen LogP contribution in [0.4, 0.5) is 5.69 Å². The van der Waals surface area contributed by atoms with Crippen LogP contribution in [0.25, 0.3) is 10.8 Å². The van der Waals surface area contributed by atoms with Crippen LogP contribution in [0.15, 0.2) is 60.7 Å². The summed E-state index contributed by atoms with van der Waals surface area (Å²) in [5, 5.41) is 17.0. The lowest BCUT2D eigenvalue weighted by Gasteiger charge is -2.10. The maximum absolute atomic E-state index is 12.2. The molecule has 3 rings (SSSR count). The molecule has 0 fully saturated rings. The Balaban J connectivity index is 1.55. The fraction of sp³-hybridized carbons (Fsp3) is 0.143. The summed E-state index contributed by atoms with van der Waals surface area (Å²) in [6.07, 6.45) is 0.192. The molecule has 0 spiro atoms. The smallest absolute Gasteiger partial charge is 0.243 e. The Hall–Kier alpha value is -3.54.